The lowest BCUT2D eigenvalue weighted by atomic mass is 9.96. The summed E-state index contributed by atoms with van der Waals surface area (Å²) < 4.78 is 11.0. The summed E-state index contributed by atoms with van der Waals surface area (Å²) in [6.45, 7) is 8.13. The molecule has 8 rings (SSSR count). The first-order valence-electron chi connectivity index (χ1n) is 23.1. The summed E-state index contributed by atoms with van der Waals surface area (Å²) in [5.74, 6) is -0.881. The Labute approximate surface area is 393 Å². The Kier molecular flexibility index (Phi) is 15.1. The van der Waals surface area contributed by atoms with Crippen molar-refractivity contribution in [3.63, 3.8) is 0 Å². The molecule has 3 saturated heterocycles. The van der Waals surface area contributed by atoms with Crippen molar-refractivity contribution in [1.82, 2.24) is 35.0 Å². The number of rotatable bonds is 18. The van der Waals surface area contributed by atoms with Gasteiger partial charge < -0.3 is 29.3 Å². The Hall–Kier alpha value is -6.37. The van der Waals surface area contributed by atoms with Gasteiger partial charge in [-0.15, -0.1) is 0 Å². The van der Waals surface area contributed by atoms with Gasteiger partial charge >= 0.3 is 5.69 Å². The summed E-state index contributed by atoms with van der Waals surface area (Å²) in [6, 6.07) is 20.2. The van der Waals surface area contributed by atoms with Gasteiger partial charge in [-0.3, -0.25) is 49.2 Å². The molecule has 4 aliphatic heterocycles. The van der Waals surface area contributed by atoms with Gasteiger partial charge in [0.25, 0.3) is 17.7 Å². The molecule has 0 bridgehead atoms. The predicted octanol–water partition coefficient (Wildman–Crippen LogP) is 5.44. The second-order valence-corrected chi connectivity index (χ2v) is 17.9. The second-order valence-electron chi connectivity index (χ2n) is 17.5. The van der Waals surface area contributed by atoms with Gasteiger partial charge in [0.1, 0.15) is 11.8 Å². The molecule has 67 heavy (non-hydrogen) atoms. The van der Waals surface area contributed by atoms with E-state index in [4.69, 9.17) is 20.9 Å². The number of piperidine rings is 1. The molecule has 2 N–H and O–H groups in total. The molecule has 3 fully saturated rings. The van der Waals surface area contributed by atoms with Crippen LogP contribution in [0.1, 0.15) is 94.3 Å². The number of carbonyl (C=O) groups is 5. The standard InChI is InChI=1S/C48H56ClN9O9/c1-32-44(58(64)65)43(52-67-32)48(63)56-28-26-55(27-29-56)45(33-10-14-35(49)15-11-33)34-12-16-36(17-13-34)66-31-42(60)54-24-22-53(23-25-54)21-6-4-2-3-5-20-50-39-9-7-8-37-38(39)30-57(47(37)62)40-18-19-41(59)51-46(40)61/h7-17,40,45,50H,2-6,18-31H2,1H3,(H,51,59,61). The van der Waals surface area contributed by atoms with Crippen LogP contribution >= 0.6 is 11.6 Å². The molecule has 0 spiro atoms. The summed E-state index contributed by atoms with van der Waals surface area (Å²) in [4.78, 5) is 84.2. The number of anilines is 1. The average molecular weight is 938 g/mol. The topological polar surface area (TPSA) is 204 Å². The lowest BCUT2D eigenvalue weighted by Gasteiger charge is -2.39. The van der Waals surface area contributed by atoms with Gasteiger partial charge in [0.15, 0.2) is 6.61 Å². The molecule has 19 heteroatoms. The summed E-state index contributed by atoms with van der Waals surface area (Å²) in [6.07, 6.45) is 6.00. The zero-order valence-electron chi connectivity index (χ0n) is 37.6. The van der Waals surface area contributed by atoms with Gasteiger partial charge in [0.2, 0.25) is 23.3 Å². The zero-order valence-corrected chi connectivity index (χ0v) is 38.4. The average Bonchev–Trinajstić information content (AvgIpc) is 3.89. The van der Waals surface area contributed by atoms with Crippen LogP contribution in [0.15, 0.2) is 71.3 Å². The normalized spacial score (nSPS) is 18.4. The summed E-state index contributed by atoms with van der Waals surface area (Å²) in [5, 5.41) is 21.7. The Bertz CT molecular complexity index is 2450. The molecule has 5 heterocycles. The molecule has 354 valence electrons. The van der Waals surface area contributed by atoms with E-state index in [0.717, 1.165) is 80.7 Å². The number of benzene rings is 3. The van der Waals surface area contributed by atoms with Crippen LogP contribution in [-0.2, 0) is 20.9 Å². The molecule has 2 atom stereocenters. The lowest BCUT2D eigenvalue weighted by molar-refractivity contribution is -0.386. The molecule has 0 aliphatic carbocycles. The van der Waals surface area contributed by atoms with Gasteiger partial charge in [0.05, 0.1) is 11.0 Å². The molecule has 5 amide bonds. The molecule has 0 radical (unpaired) electrons. The molecule has 3 aromatic carbocycles. The number of imide groups is 1. The summed E-state index contributed by atoms with van der Waals surface area (Å²) >= 11 is 6.24. The number of aryl methyl sites for hydroxylation is 1. The van der Waals surface area contributed by atoms with Crippen molar-refractivity contribution in [3.05, 3.63) is 116 Å². The van der Waals surface area contributed by atoms with Gasteiger partial charge in [0, 0.05) is 101 Å². The van der Waals surface area contributed by atoms with Crippen molar-refractivity contribution < 1.29 is 38.2 Å². The van der Waals surface area contributed by atoms with Gasteiger partial charge in [-0.25, -0.2) is 0 Å². The van der Waals surface area contributed by atoms with Crippen LogP contribution in [0.4, 0.5) is 11.4 Å². The number of aromatic nitrogens is 1. The number of piperazine rings is 2. The number of halogens is 1. The molecule has 4 aromatic rings. The van der Waals surface area contributed by atoms with Crippen molar-refractivity contribution in [2.75, 3.05) is 77.4 Å². The van der Waals surface area contributed by atoms with Crippen LogP contribution in [0.5, 0.6) is 5.75 Å². The van der Waals surface area contributed by atoms with Crippen LogP contribution in [0.2, 0.25) is 5.02 Å². The first-order valence-corrected chi connectivity index (χ1v) is 23.5. The number of ether oxygens (including phenoxy) is 1. The molecule has 1 aromatic heterocycles. The monoisotopic (exact) mass is 937 g/mol. The quantitative estimate of drug-likeness (QED) is 0.0553. The van der Waals surface area contributed by atoms with E-state index >= 15 is 0 Å². The fourth-order valence-electron chi connectivity index (χ4n) is 9.48. The minimum atomic E-state index is -0.641. The molecule has 4 aliphatic rings. The first kappa shape index (κ1) is 47.1. The van der Waals surface area contributed by atoms with Gasteiger partial charge in [-0.05, 0) is 73.3 Å². The van der Waals surface area contributed by atoms with E-state index in [0.29, 0.717) is 68.6 Å². The molecule has 2 unspecified atom stereocenters. The van der Waals surface area contributed by atoms with Crippen molar-refractivity contribution in [1.29, 1.82) is 0 Å². The van der Waals surface area contributed by atoms with E-state index in [1.165, 1.54) is 6.92 Å². The third-order valence-corrected chi connectivity index (χ3v) is 13.5. The largest absolute Gasteiger partial charge is 0.484 e. The molecular weight excluding hydrogens is 882 g/mol. The first-order chi connectivity index (χ1) is 32.4. The number of unbranched alkanes of at least 4 members (excludes halogenated alkanes) is 4. The third-order valence-electron chi connectivity index (χ3n) is 13.2. The van der Waals surface area contributed by atoms with E-state index in [1.807, 2.05) is 65.6 Å². The van der Waals surface area contributed by atoms with E-state index < -0.39 is 28.5 Å². The van der Waals surface area contributed by atoms with E-state index in [1.54, 1.807) is 15.9 Å². The summed E-state index contributed by atoms with van der Waals surface area (Å²) in [5.41, 5.74) is 3.73. The Morgan fingerprint density at radius 2 is 1.57 bits per heavy atom. The van der Waals surface area contributed by atoms with Gasteiger partial charge in [-0.1, -0.05) is 66.4 Å². The van der Waals surface area contributed by atoms with Crippen molar-refractivity contribution in [2.24, 2.45) is 0 Å². The molecule has 0 saturated carbocycles. The van der Waals surface area contributed by atoms with E-state index in [2.05, 4.69) is 25.6 Å². The van der Waals surface area contributed by atoms with E-state index in [-0.39, 0.29) is 48.2 Å². The molecule has 18 nitrogen and oxygen atoms in total. The maximum absolute atomic E-state index is 13.2. The van der Waals surface area contributed by atoms with Crippen LogP contribution in [0, 0.1) is 17.0 Å². The highest BCUT2D eigenvalue weighted by molar-refractivity contribution is 6.30. The SMILES string of the molecule is Cc1onc(C(=O)N2CCN(C(c3ccc(Cl)cc3)c3ccc(OCC(=O)N4CCN(CCCCCCCNc5cccc6c5CN(C5CCC(=O)NC5=O)C6=O)CC4)cc3)CC2)c1[N+](=O)[O-]. The number of amides is 5. The number of nitro groups is 1. The highest BCUT2D eigenvalue weighted by Crippen LogP contribution is 2.34. The Morgan fingerprint density at radius 1 is 0.896 bits per heavy atom. The maximum atomic E-state index is 13.2. The van der Waals surface area contributed by atoms with Crippen molar-refractivity contribution in [3.8, 4) is 5.75 Å². The highest BCUT2D eigenvalue weighted by Gasteiger charge is 2.40. The van der Waals surface area contributed by atoms with Crippen LogP contribution in [0.25, 0.3) is 0 Å². The maximum Gasteiger partial charge on any atom is 0.344 e. The zero-order chi connectivity index (χ0) is 47.0. The number of nitrogens with zero attached hydrogens (tertiary/aromatic N) is 7. The number of nitrogens with one attached hydrogen (secondary N) is 2. The van der Waals surface area contributed by atoms with Crippen molar-refractivity contribution >= 4 is 52.5 Å². The van der Waals surface area contributed by atoms with Gasteiger partial charge in [-0.2, -0.15) is 0 Å². The number of carbonyl (C=O) groups excluding carboxylic acids is 5. The smallest absolute Gasteiger partial charge is 0.344 e. The second kappa shape index (κ2) is 21.5. The Balaban J connectivity index is 0.725. The van der Waals surface area contributed by atoms with Crippen LogP contribution in [-0.4, -0.2) is 142 Å². The highest BCUT2D eigenvalue weighted by atomic mass is 35.5. The fourth-order valence-corrected chi connectivity index (χ4v) is 9.61. The predicted molar refractivity (Wildman–Crippen MR) is 248 cm³/mol. The fraction of sp³-hybridized carbons (Fsp3) is 0.458. The third kappa shape index (κ3) is 11.1. The Morgan fingerprint density at radius 3 is 2.27 bits per heavy atom. The van der Waals surface area contributed by atoms with E-state index in [9.17, 15) is 34.1 Å². The lowest BCUT2D eigenvalue weighted by Crippen LogP contribution is -2.52. The van der Waals surface area contributed by atoms with Crippen LogP contribution < -0.4 is 15.4 Å². The number of hydrogen-bond donors (Lipinski definition) is 2. The molecular formula is C48H56ClN9O9. The number of fused-ring (bicyclic) bond motifs is 1. The van der Waals surface area contributed by atoms with Crippen LogP contribution in [0.3, 0.4) is 0 Å². The summed E-state index contributed by atoms with van der Waals surface area (Å²) in [7, 11) is 0. The number of hydrogen-bond acceptors (Lipinski definition) is 13. The minimum Gasteiger partial charge on any atom is -0.484 e. The minimum absolute atomic E-state index is 0.0118. The van der Waals surface area contributed by atoms with Crippen molar-refractivity contribution in [2.45, 2.75) is 70.5 Å².